The number of H-pyrrole nitrogens is 1. The van der Waals surface area contributed by atoms with Crippen molar-refractivity contribution in [3.63, 3.8) is 0 Å². The first kappa shape index (κ1) is 17.2. The molecule has 0 saturated carbocycles. The third-order valence-electron chi connectivity index (χ3n) is 4.39. The molecule has 25 heavy (non-hydrogen) atoms. The first-order valence-electron chi connectivity index (χ1n) is 8.34. The molecule has 1 aromatic heterocycles. The second-order valence-corrected chi connectivity index (χ2v) is 6.52. The van der Waals surface area contributed by atoms with E-state index >= 15 is 0 Å². The van der Waals surface area contributed by atoms with E-state index in [1.807, 2.05) is 32.0 Å². The molecule has 7 nitrogen and oxygen atoms in total. The Hall–Kier alpha value is -2.67. The van der Waals surface area contributed by atoms with E-state index in [1.165, 1.54) is 0 Å². The number of amides is 2. The van der Waals surface area contributed by atoms with Crippen LogP contribution in [0.4, 0.5) is 5.69 Å². The number of carbonyl (C=O) groups is 2. The predicted molar refractivity (Wildman–Crippen MR) is 93.8 cm³/mol. The van der Waals surface area contributed by atoms with Crippen molar-refractivity contribution in [1.82, 2.24) is 10.2 Å². The molecular weight excluding hydrogens is 320 g/mol. The van der Waals surface area contributed by atoms with Crippen LogP contribution in [0.3, 0.4) is 0 Å². The lowest BCUT2D eigenvalue weighted by atomic mass is 9.96. The van der Waals surface area contributed by atoms with Crippen molar-refractivity contribution in [2.24, 2.45) is 5.73 Å². The molecule has 132 valence electrons. The SMILES string of the molecule is CC(C)c1[nH]nc(C(N)=O)c1NC(=O)c1cccc(C2CCOC2)c1. The molecule has 1 aromatic carbocycles. The molecule has 0 bridgehead atoms. The minimum absolute atomic E-state index is 0.0393. The van der Waals surface area contributed by atoms with Gasteiger partial charge >= 0.3 is 0 Å². The van der Waals surface area contributed by atoms with Crippen molar-refractivity contribution in [3.05, 3.63) is 46.8 Å². The Balaban J connectivity index is 1.86. The van der Waals surface area contributed by atoms with Crippen LogP contribution in [0, 0.1) is 0 Å². The van der Waals surface area contributed by atoms with Crippen molar-refractivity contribution in [3.8, 4) is 0 Å². The number of nitrogens with two attached hydrogens (primary N) is 1. The van der Waals surface area contributed by atoms with Crippen LogP contribution in [-0.4, -0.2) is 35.2 Å². The maximum Gasteiger partial charge on any atom is 0.271 e. The van der Waals surface area contributed by atoms with E-state index in [-0.39, 0.29) is 17.5 Å². The monoisotopic (exact) mass is 342 g/mol. The topological polar surface area (TPSA) is 110 Å². The molecule has 0 radical (unpaired) electrons. The molecule has 4 N–H and O–H groups in total. The van der Waals surface area contributed by atoms with E-state index in [0.717, 1.165) is 18.6 Å². The molecular formula is C18H22N4O3. The third-order valence-corrected chi connectivity index (χ3v) is 4.39. The molecule has 1 saturated heterocycles. The molecule has 2 aromatic rings. The van der Waals surface area contributed by atoms with Gasteiger partial charge in [-0.15, -0.1) is 0 Å². The van der Waals surface area contributed by atoms with Crippen LogP contribution >= 0.6 is 0 Å². The lowest BCUT2D eigenvalue weighted by Gasteiger charge is -2.12. The number of aromatic nitrogens is 2. The summed E-state index contributed by atoms with van der Waals surface area (Å²) in [6.07, 6.45) is 0.954. The zero-order valence-electron chi connectivity index (χ0n) is 14.3. The fourth-order valence-corrected chi connectivity index (χ4v) is 3.00. The van der Waals surface area contributed by atoms with Crippen LogP contribution in [-0.2, 0) is 4.74 Å². The quantitative estimate of drug-likeness (QED) is 0.775. The van der Waals surface area contributed by atoms with Gasteiger partial charge in [-0.3, -0.25) is 14.7 Å². The second-order valence-electron chi connectivity index (χ2n) is 6.52. The molecule has 1 fully saturated rings. The predicted octanol–water partition coefficient (Wildman–Crippen LogP) is 2.39. The van der Waals surface area contributed by atoms with Crippen molar-refractivity contribution in [2.75, 3.05) is 18.5 Å². The van der Waals surface area contributed by atoms with Gasteiger partial charge < -0.3 is 15.8 Å². The van der Waals surface area contributed by atoms with Gasteiger partial charge in [0, 0.05) is 18.1 Å². The van der Waals surface area contributed by atoms with Crippen molar-refractivity contribution in [1.29, 1.82) is 0 Å². The number of ether oxygens (including phenoxy) is 1. The number of nitrogens with one attached hydrogen (secondary N) is 2. The van der Waals surface area contributed by atoms with Gasteiger partial charge in [0.2, 0.25) is 0 Å². The summed E-state index contributed by atoms with van der Waals surface area (Å²) in [6, 6.07) is 7.47. The number of aromatic amines is 1. The highest BCUT2D eigenvalue weighted by Gasteiger charge is 2.23. The van der Waals surface area contributed by atoms with Crippen LogP contribution in [0.1, 0.15) is 64.2 Å². The van der Waals surface area contributed by atoms with Gasteiger partial charge in [0.25, 0.3) is 11.8 Å². The average Bonchev–Trinajstić information content (AvgIpc) is 3.24. The van der Waals surface area contributed by atoms with Gasteiger partial charge in [-0.1, -0.05) is 26.0 Å². The molecule has 1 aliphatic rings. The largest absolute Gasteiger partial charge is 0.381 e. The maximum atomic E-state index is 12.7. The Bertz CT molecular complexity index is 791. The Labute approximate surface area is 145 Å². The summed E-state index contributed by atoms with van der Waals surface area (Å²) in [4.78, 5) is 24.3. The minimum atomic E-state index is -0.685. The Kier molecular flexibility index (Phi) is 4.85. The van der Waals surface area contributed by atoms with E-state index in [4.69, 9.17) is 10.5 Å². The molecule has 3 rings (SSSR count). The summed E-state index contributed by atoms with van der Waals surface area (Å²) in [6.45, 7) is 5.30. The summed E-state index contributed by atoms with van der Waals surface area (Å²) >= 11 is 0. The summed E-state index contributed by atoms with van der Waals surface area (Å²) < 4.78 is 5.42. The smallest absolute Gasteiger partial charge is 0.271 e. The van der Waals surface area contributed by atoms with Crippen molar-refractivity contribution >= 4 is 17.5 Å². The number of benzene rings is 1. The number of primary amides is 1. The molecule has 7 heteroatoms. The van der Waals surface area contributed by atoms with Gasteiger partial charge in [0.15, 0.2) is 5.69 Å². The number of carbonyl (C=O) groups excluding carboxylic acids is 2. The zero-order chi connectivity index (χ0) is 18.0. The number of rotatable bonds is 5. The van der Waals surface area contributed by atoms with E-state index in [9.17, 15) is 9.59 Å². The fourth-order valence-electron chi connectivity index (χ4n) is 3.00. The molecule has 1 atom stereocenters. The first-order valence-corrected chi connectivity index (χ1v) is 8.34. The number of hydrogen-bond acceptors (Lipinski definition) is 4. The maximum absolute atomic E-state index is 12.7. The van der Waals surface area contributed by atoms with Gasteiger partial charge in [-0.05, 0) is 30.0 Å². The Morgan fingerprint density at radius 3 is 2.84 bits per heavy atom. The highest BCUT2D eigenvalue weighted by atomic mass is 16.5. The molecule has 0 spiro atoms. The van der Waals surface area contributed by atoms with E-state index in [0.29, 0.717) is 29.5 Å². The molecule has 1 unspecified atom stereocenters. The van der Waals surface area contributed by atoms with Gasteiger partial charge in [0.05, 0.1) is 18.0 Å². The van der Waals surface area contributed by atoms with Gasteiger partial charge in [0.1, 0.15) is 0 Å². The summed E-state index contributed by atoms with van der Waals surface area (Å²) in [5.74, 6) is -0.617. The highest BCUT2D eigenvalue weighted by molar-refractivity contribution is 6.08. The van der Waals surface area contributed by atoms with Crippen LogP contribution in [0.2, 0.25) is 0 Å². The minimum Gasteiger partial charge on any atom is -0.381 e. The van der Waals surface area contributed by atoms with E-state index < -0.39 is 5.91 Å². The van der Waals surface area contributed by atoms with Crippen LogP contribution < -0.4 is 11.1 Å². The van der Waals surface area contributed by atoms with E-state index in [2.05, 4.69) is 15.5 Å². The number of anilines is 1. The van der Waals surface area contributed by atoms with Crippen molar-refractivity contribution in [2.45, 2.75) is 32.1 Å². The van der Waals surface area contributed by atoms with Crippen LogP contribution in [0.25, 0.3) is 0 Å². The van der Waals surface area contributed by atoms with Crippen molar-refractivity contribution < 1.29 is 14.3 Å². The molecule has 2 amide bonds. The molecule has 2 heterocycles. The number of hydrogen-bond donors (Lipinski definition) is 3. The Morgan fingerprint density at radius 1 is 1.40 bits per heavy atom. The van der Waals surface area contributed by atoms with Gasteiger partial charge in [-0.2, -0.15) is 5.10 Å². The lowest BCUT2D eigenvalue weighted by Crippen LogP contribution is -2.19. The Morgan fingerprint density at radius 2 is 2.20 bits per heavy atom. The van der Waals surface area contributed by atoms with Gasteiger partial charge in [-0.25, -0.2) is 0 Å². The van der Waals surface area contributed by atoms with Crippen LogP contribution in [0.5, 0.6) is 0 Å². The third kappa shape index (κ3) is 3.56. The average molecular weight is 342 g/mol. The lowest BCUT2D eigenvalue weighted by molar-refractivity contribution is 0.0996. The highest BCUT2D eigenvalue weighted by Crippen LogP contribution is 2.28. The second kappa shape index (κ2) is 7.06. The van der Waals surface area contributed by atoms with E-state index in [1.54, 1.807) is 6.07 Å². The zero-order valence-corrected chi connectivity index (χ0v) is 14.3. The normalized spacial score (nSPS) is 17.0. The summed E-state index contributed by atoms with van der Waals surface area (Å²) in [5.41, 5.74) is 8.02. The van der Waals surface area contributed by atoms with Crippen LogP contribution in [0.15, 0.2) is 24.3 Å². The summed E-state index contributed by atoms with van der Waals surface area (Å²) in [7, 11) is 0. The molecule has 0 aliphatic carbocycles. The summed E-state index contributed by atoms with van der Waals surface area (Å²) in [5, 5.41) is 9.51. The molecule has 1 aliphatic heterocycles. The fraction of sp³-hybridized carbons (Fsp3) is 0.389. The standard InChI is InChI=1S/C18H22N4O3/c1-10(2)14-15(16(17(19)23)22-21-14)20-18(24)12-5-3-4-11(8-12)13-6-7-25-9-13/h3-5,8,10,13H,6-7,9H2,1-2H3,(H2,19,23)(H,20,24)(H,21,22). The first-order chi connectivity index (χ1) is 12.0. The number of nitrogens with zero attached hydrogens (tertiary/aromatic N) is 1.